The molecule has 144 valence electrons. The summed E-state index contributed by atoms with van der Waals surface area (Å²) in [5.41, 5.74) is 1.05. The first-order valence-corrected chi connectivity index (χ1v) is 9.46. The van der Waals surface area contributed by atoms with E-state index in [4.69, 9.17) is 0 Å². The summed E-state index contributed by atoms with van der Waals surface area (Å²) in [6, 6.07) is 5.61. The molecular weight excluding hydrogens is 330 g/mol. The molecule has 0 aromatic carbocycles. The zero-order valence-corrected chi connectivity index (χ0v) is 16.1. The summed E-state index contributed by atoms with van der Waals surface area (Å²) in [6.45, 7) is 6.94. The summed E-state index contributed by atoms with van der Waals surface area (Å²) in [7, 11) is 1.76. The zero-order valence-electron chi connectivity index (χ0n) is 16.1. The molecular formula is C19H31N5O2. The van der Waals surface area contributed by atoms with Gasteiger partial charge >= 0.3 is 0 Å². The van der Waals surface area contributed by atoms with E-state index in [-0.39, 0.29) is 17.5 Å². The molecule has 1 amide bonds. The molecule has 0 saturated carbocycles. The number of pyridine rings is 1. The fourth-order valence-electron chi connectivity index (χ4n) is 3.23. The molecule has 2 rings (SSSR count). The maximum atomic E-state index is 11.8. The Morgan fingerprint density at radius 3 is 2.85 bits per heavy atom. The number of hydrogen-bond acceptors (Lipinski definition) is 3. The van der Waals surface area contributed by atoms with E-state index < -0.39 is 0 Å². The molecule has 1 aromatic rings. The number of carbonyl (C=O) groups is 1. The Hall–Kier alpha value is -2.31. The highest BCUT2D eigenvalue weighted by molar-refractivity contribution is 5.80. The van der Waals surface area contributed by atoms with Crippen LogP contribution in [0.4, 0.5) is 0 Å². The van der Waals surface area contributed by atoms with E-state index in [9.17, 15) is 9.59 Å². The van der Waals surface area contributed by atoms with Gasteiger partial charge in [-0.3, -0.25) is 14.6 Å². The molecule has 26 heavy (non-hydrogen) atoms. The minimum atomic E-state index is 0.0582. The number of hydrogen-bond donors (Lipinski definition) is 2. The number of nitrogens with zero attached hydrogens (tertiary/aromatic N) is 3. The van der Waals surface area contributed by atoms with Gasteiger partial charge in [-0.1, -0.05) is 13.0 Å². The van der Waals surface area contributed by atoms with Crippen molar-refractivity contribution in [1.82, 2.24) is 20.1 Å². The first-order chi connectivity index (χ1) is 12.5. The number of aromatic nitrogens is 1. The first-order valence-electron chi connectivity index (χ1n) is 9.46. The number of likely N-dealkylation sites (tertiary alicyclic amines) is 1. The highest BCUT2D eigenvalue weighted by atomic mass is 16.2. The second-order valence-electron chi connectivity index (χ2n) is 6.69. The monoisotopic (exact) mass is 361 g/mol. The van der Waals surface area contributed by atoms with E-state index in [1.165, 1.54) is 0 Å². The van der Waals surface area contributed by atoms with Crippen molar-refractivity contribution in [2.45, 2.75) is 52.1 Å². The van der Waals surface area contributed by atoms with Crippen LogP contribution in [0.3, 0.4) is 0 Å². The highest BCUT2D eigenvalue weighted by Gasteiger charge is 2.25. The Bertz CT molecular complexity index is 683. The Balaban J connectivity index is 1.68. The zero-order chi connectivity index (χ0) is 18.9. The van der Waals surface area contributed by atoms with Gasteiger partial charge in [-0.2, -0.15) is 0 Å². The van der Waals surface area contributed by atoms with E-state index in [0.29, 0.717) is 6.42 Å². The van der Waals surface area contributed by atoms with Crippen LogP contribution in [0.15, 0.2) is 28.0 Å². The van der Waals surface area contributed by atoms with E-state index in [2.05, 4.69) is 15.6 Å². The maximum absolute atomic E-state index is 11.8. The van der Waals surface area contributed by atoms with Gasteiger partial charge in [0.15, 0.2) is 5.96 Å². The molecule has 1 fully saturated rings. The van der Waals surface area contributed by atoms with Crippen LogP contribution in [0.5, 0.6) is 0 Å². The average Bonchev–Trinajstić information content (AvgIpc) is 3.10. The van der Waals surface area contributed by atoms with Gasteiger partial charge in [-0.15, -0.1) is 0 Å². The van der Waals surface area contributed by atoms with Gasteiger partial charge in [0.2, 0.25) is 5.91 Å². The van der Waals surface area contributed by atoms with Crippen molar-refractivity contribution in [1.29, 1.82) is 0 Å². The molecule has 0 radical (unpaired) electrons. The lowest BCUT2D eigenvalue weighted by atomic mass is 10.2. The molecule has 1 unspecified atom stereocenters. The van der Waals surface area contributed by atoms with Crippen molar-refractivity contribution in [3.8, 4) is 0 Å². The van der Waals surface area contributed by atoms with Gasteiger partial charge in [0.25, 0.3) is 5.56 Å². The number of nitrogens with one attached hydrogen (secondary N) is 2. The van der Waals surface area contributed by atoms with Crippen molar-refractivity contribution in [3.05, 3.63) is 34.2 Å². The van der Waals surface area contributed by atoms with Crippen molar-refractivity contribution in [2.24, 2.45) is 4.99 Å². The Labute approximate surface area is 155 Å². The molecule has 2 N–H and O–H groups in total. The fraction of sp³-hybridized carbons (Fsp3) is 0.632. The van der Waals surface area contributed by atoms with Crippen molar-refractivity contribution in [2.75, 3.05) is 26.7 Å². The van der Waals surface area contributed by atoms with Crippen molar-refractivity contribution in [3.63, 3.8) is 0 Å². The lowest BCUT2D eigenvalue weighted by Crippen LogP contribution is -2.45. The normalized spacial score (nSPS) is 17.4. The molecule has 0 spiro atoms. The van der Waals surface area contributed by atoms with Crippen LogP contribution >= 0.6 is 0 Å². The molecule has 1 aliphatic heterocycles. The fourth-order valence-corrected chi connectivity index (χ4v) is 3.23. The summed E-state index contributed by atoms with van der Waals surface area (Å²) >= 11 is 0. The maximum Gasteiger partial charge on any atom is 0.250 e. The van der Waals surface area contributed by atoms with Gasteiger partial charge in [-0.05, 0) is 32.3 Å². The van der Waals surface area contributed by atoms with Gasteiger partial charge in [0.1, 0.15) is 0 Å². The molecule has 1 aliphatic rings. The van der Waals surface area contributed by atoms with Crippen LogP contribution in [0.2, 0.25) is 0 Å². The van der Waals surface area contributed by atoms with Crippen LogP contribution in [0, 0.1) is 6.92 Å². The number of aliphatic imine (C=N–C) groups is 1. The number of rotatable bonds is 7. The lowest BCUT2D eigenvalue weighted by Gasteiger charge is -2.18. The minimum Gasteiger partial charge on any atom is -0.356 e. The molecule has 7 heteroatoms. The Kier molecular flexibility index (Phi) is 7.69. The molecule has 2 heterocycles. The Morgan fingerprint density at radius 2 is 2.15 bits per heavy atom. The van der Waals surface area contributed by atoms with Crippen molar-refractivity contribution >= 4 is 11.9 Å². The molecule has 1 atom stereocenters. The summed E-state index contributed by atoms with van der Waals surface area (Å²) in [5, 5.41) is 6.71. The number of amides is 1. The second-order valence-corrected chi connectivity index (χ2v) is 6.69. The van der Waals surface area contributed by atoms with Gasteiger partial charge in [-0.25, -0.2) is 0 Å². The van der Waals surface area contributed by atoms with E-state index >= 15 is 0 Å². The van der Waals surface area contributed by atoms with Crippen LogP contribution in [-0.2, 0) is 11.3 Å². The molecule has 0 bridgehead atoms. The lowest BCUT2D eigenvalue weighted by molar-refractivity contribution is -0.129. The summed E-state index contributed by atoms with van der Waals surface area (Å²) in [6.07, 6.45) is 3.38. The standard InChI is InChI=1S/C19H31N5O2/c1-4-17(25)23-13-10-16(14-23)22-19(20-3)21-11-5-6-12-24-15(2)8-7-9-18(24)26/h7-9,16H,4-6,10-14H2,1-3H3,(H2,20,21,22). The molecule has 1 saturated heterocycles. The third kappa shape index (κ3) is 5.61. The number of aryl methyl sites for hydroxylation is 1. The Morgan fingerprint density at radius 1 is 1.35 bits per heavy atom. The predicted octanol–water partition coefficient (Wildman–Crippen LogP) is 1.11. The third-order valence-corrected chi connectivity index (χ3v) is 4.78. The minimum absolute atomic E-state index is 0.0582. The molecule has 1 aromatic heterocycles. The van der Waals surface area contributed by atoms with E-state index in [1.807, 2.05) is 29.4 Å². The van der Waals surface area contributed by atoms with Gasteiger partial charge in [0.05, 0.1) is 0 Å². The van der Waals surface area contributed by atoms with Crippen LogP contribution in [0.25, 0.3) is 0 Å². The van der Waals surface area contributed by atoms with E-state index in [0.717, 1.165) is 57.1 Å². The number of unbranched alkanes of at least 4 members (excludes halogenated alkanes) is 1. The van der Waals surface area contributed by atoms with Crippen LogP contribution < -0.4 is 16.2 Å². The number of carbonyl (C=O) groups excluding carboxylic acids is 1. The third-order valence-electron chi connectivity index (χ3n) is 4.78. The summed E-state index contributed by atoms with van der Waals surface area (Å²) in [4.78, 5) is 29.8. The smallest absolute Gasteiger partial charge is 0.250 e. The summed E-state index contributed by atoms with van der Waals surface area (Å²) < 4.78 is 1.81. The summed E-state index contributed by atoms with van der Waals surface area (Å²) in [5.74, 6) is 0.984. The largest absolute Gasteiger partial charge is 0.356 e. The topological polar surface area (TPSA) is 78.7 Å². The van der Waals surface area contributed by atoms with Gasteiger partial charge < -0.3 is 20.1 Å². The number of guanidine groups is 1. The quantitative estimate of drug-likeness (QED) is 0.433. The highest BCUT2D eigenvalue weighted by Crippen LogP contribution is 2.10. The average molecular weight is 361 g/mol. The predicted molar refractivity (Wildman–Crippen MR) is 104 cm³/mol. The van der Waals surface area contributed by atoms with Crippen LogP contribution in [-0.4, -0.2) is 54.1 Å². The molecule has 0 aliphatic carbocycles. The van der Waals surface area contributed by atoms with Crippen molar-refractivity contribution < 1.29 is 4.79 Å². The second kappa shape index (κ2) is 9.99. The SMILES string of the molecule is CCC(=O)N1CCC(NC(=NC)NCCCCn2c(C)cccc2=O)C1. The van der Waals surface area contributed by atoms with E-state index in [1.54, 1.807) is 19.2 Å². The van der Waals surface area contributed by atoms with Gasteiger partial charge in [0, 0.05) is 57.4 Å². The molecule has 7 nitrogen and oxygen atoms in total. The van der Waals surface area contributed by atoms with Crippen LogP contribution in [0.1, 0.15) is 38.3 Å². The first kappa shape index (κ1) is 20.0.